The monoisotopic (exact) mass is 363 g/mol. The van der Waals surface area contributed by atoms with Crippen molar-refractivity contribution in [3.8, 4) is 0 Å². The second kappa shape index (κ2) is 7.01. The molecule has 2 aromatic carbocycles. The van der Waals surface area contributed by atoms with Crippen LogP contribution in [0.5, 0.6) is 0 Å². The molecule has 0 fully saturated rings. The summed E-state index contributed by atoms with van der Waals surface area (Å²) in [6.07, 6.45) is -0.249. The Labute approximate surface area is 152 Å². The van der Waals surface area contributed by atoms with Gasteiger partial charge in [0.1, 0.15) is 6.17 Å². The molecule has 3 rings (SSSR count). The van der Waals surface area contributed by atoms with E-state index in [1.807, 2.05) is 44.4 Å². The summed E-state index contributed by atoms with van der Waals surface area (Å²) in [5, 5.41) is 4.37. The molecule has 0 spiro atoms. The van der Waals surface area contributed by atoms with Gasteiger partial charge in [-0.1, -0.05) is 35.3 Å². The molecule has 0 saturated carbocycles. The van der Waals surface area contributed by atoms with Gasteiger partial charge in [-0.05, 0) is 50.0 Å². The van der Waals surface area contributed by atoms with Gasteiger partial charge in [0.25, 0.3) is 5.91 Å². The Morgan fingerprint density at radius 1 is 1.08 bits per heavy atom. The summed E-state index contributed by atoms with van der Waals surface area (Å²) in [5.74, 6) is -0.0947. The van der Waals surface area contributed by atoms with Crippen LogP contribution in [0, 0.1) is 0 Å². The van der Waals surface area contributed by atoms with E-state index in [2.05, 4.69) is 15.1 Å². The lowest BCUT2D eigenvalue weighted by Crippen LogP contribution is -2.48. The van der Waals surface area contributed by atoms with Crippen molar-refractivity contribution in [3.05, 3.63) is 63.6 Å². The zero-order valence-electron chi connectivity index (χ0n) is 13.6. The number of nitrogens with one attached hydrogen (secondary N) is 1. The van der Waals surface area contributed by atoms with Crippen molar-refractivity contribution in [2.24, 2.45) is 0 Å². The number of nitrogens with zero attached hydrogens (tertiary/aromatic N) is 2. The Kier molecular flexibility index (Phi) is 4.99. The third-order valence-corrected chi connectivity index (χ3v) is 4.55. The summed E-state index contributed by atoms with van der Waals surface area (Å²) in [5.41, 5.74) is 2.48. The first kappa shape index (κ1) is 17.1. The molecule has 0 aliphatic carbocycles. The fraction of sp³-hybridized carbons (Fsp3) is 0.278. The molecule has 1 heterocycles. The molecule has 1 N–H and O–H groups in total. The average Bonchev–Trinajstić information content (AvgIpc) is 2.54. The zero-order chi connectivity index (χ0) is 17.3. The first-order valence-corrected chi connectivity index (χ1v) is 8.48. The van der Waals surface area contributed by atoms with E-state index < -0.39 is 0 Å². The van der Waals surface area contributed by atoms with Gasteiger partial charge in [0.05, 0.1) is 11.3 Å². The van der Waals surface area contributed by atoms with Crippen LogP contribution in [-0.4, -0.2) is 38.0 Å². The van der Waals surface area contributed by atoms with Crippen LogP contribution in [0.15, 0.2) is 42.5 Å². The second-order valence-corrected chi connectivity index (χ2v) is 6.96. The SMILES string of the molecule is CN(C)CCN1c2cc(Cl)ccc2C(=O)NC1c1ccc(Cl)cc1. The molecule has 1 aliphatic heterocycles. The normalized spacial score (nSPS) is 17.0. The highest BCUT2D eigenvalue weighted by Gasteiger charge is 2.31. The standard InChI is InChI=1S/C18H19Cl2N3O/c1-22(2)9-10-23-16-11-14(20)7-8-15(16)18(24)21-17(23)12-3-5-13(19)6-4-12/h3-8,11,17H,9-10H2,1-2H3,(H,21,24). The van der Waals surface area contributed by atoms with E-state index in [1.165, 1.54) is 0 Å². The quantitative estimate of drug-likeness (QED) is 0.896. The first-order chi connectivity index (χ1) is 11.5. The third-order valence-electron chi connectivity index (χ3n) is 4.07. The Hall–Kier alpha value is -1.75. The Morgan fingerprint density at radius 3 is 2.42 bits per heavy atom. The predicted octanol–water partition coefficient (Wildman–Crippen LogP) is 3.80. The predicted molar refractivity (Wildman–Crippen MR) is 99.0 cm³/mol. The molecule has 0 bridgehead atoms. The van der Waals surface area contributed by atoms with E-state index in [0.29, 0.717) is 15.6 Å². The molecule has 0 aromatic heterocycles. The van der Waals surface area contributed by atoms with Gasteiger partial charge in [0.15, 0.2) is 0 Å². The van der Waals surface area contributed by atoms with Crippen LogP contribution in [0.1, 0.15) is 22.1 Å². The maximum Gasteiger partial charge on any atom is 0.255 e. The van der Waals surface area contributed by atoms with Gasteiger partial charge in [-0.15, -0.1) is 0 Å². The van der Waals surface area contributed by atoms with Crippen molar-refractivity contribution < 1.29 is 4.79 Å². The van der Waals surface area contributed by atoms with E-state index in [-0.39, 0.29) is 12.1 Å². The van der Waals surface area contributed by atoms with Crippen LogP contribution < -0.4 is 10.2 Å². The average molecular weight is 364 g/mol. The topological polar surface area (TPSA) is 35.6 Å². The van der Waals surface area contributed by atoms with Crippen molar-refractivity contribution in [3.63, 3.8) is 0 Å². The largest absolute Gasteiger partial charge is 0.345 e. The van der Waals surface area contributed by atoms with Crippen molar-refractivity contribution in [1.29, 1.82) is 0 Å². The van der Waals surface area contributed by atoms with Crippen molar-refractivity contribution >= 4 is 34.8 Å². The fourth-order valence-corrected chi connectivity index (χ4v) is 3.11. The molecule has 1 atom stereocenters. The minimum Gasteiger partial charge on any atom is -0.345 e. The lowest BCUT2D eigenvalue weighted by atomic mass is 10.0. The number of hydrogen-bond acceptors (Lipinski definition) is 3. The molecule has 4 nitrogen and oxygen atoms in total. The minimum absolute atomic E-state index is 0.0947. The second-order valence-electron chi connectivity index (χ2n) is 6.09. The number of fused-ring (bicyclic) bond motifs is 1. The minimum atomic E-state index is -0.249. The number of halogens is 2. The zero-order valence-corrected chi connectivity index (χ0v) is 15.1. The summed E-state index contributed by atoms with van der Waals surface area (Å²) < 4.78 is 0. The fourth-order valence-electron chi connectivity index (χ4n) is 2.82. The molecule has 6 heteroatoms. The lowest BCUT2D eigenvalue weighted by molar-refractivity contribution is 0.0926. The van der Waals surface area contributed by atoms with Crippen molar-refractivity contribution in [2.45, 2.75) is 6.17 Å². The maximum absolute atomic E-state index is 12.5. The smallest absolute Gasteiger partial charge is 0.255 e. The van der Waals surface area contributed by atoms with E-state index in [1.54, 1.807) is 12.1 Å². The summed E-state index contributed by atoms with van der Waals surface area (Å²) in [7, 11) is 4.05. The highest BCUT2D eigenvalue weighted by atomic mass is 35.5. The maximum atomic E-state index is 12.5. The lowest BCUT2D eigenvalue weighted by Gasteiger charge is -2.40. The Morgan fingerprint density at radius 2 is 1.75 bits per heavy atom. The van der Waals surface area contributed by atoms with Gasteiger partial charge in [-0.3, -0.25) is 4.79 Å². The number of carbonyl (C=O) groups is 1. The molecule has 24 heavy (non-hydrogen) atoms. The molecular formula is C18H19Cl2N3O. The third kappa shape index (κ3) is 3.51. The first-order valence-electron chi connectivity index (χ1n) is 7.73. The number of likely N-dealkylation sites (N-methyl/N-ethyl adjacent to an activating group) is 1. The molecule has 0 saturated heterocycles. The summed E-state index contributed by atoms with van der Waals surface area (Å²) in [6.45, 7) is 1.61. The molecule has 1 unspecified atom stereocenters. The Bertz CT molecular complexity index is 746. The van der Waals surface area contributed by atoms with Crippen molar-refractivity contribution in [1.82, 2.24) is 10.2 Å². The van der Waals surface area contributed by atoms with Gasteiger partial charge in [-0.25, -0.2) is 0 Å². The number of benzene rings is 2. The van der Waals surface area contributed by atoms with Crippen molar-refractivity contribution in [2.75, 3.05) is 32.1 Å². The molecule has 1 aliphatic rings. The number of hydrogen-bond donors (Lipinski definition) is 1. The van der Waals surface area contributed by atoms with Gasteiger partial charge < -0.3 is 15.1 Å². The Balaban J connectivity index is 2.03. The molecular weight excluding hydrogens is 345 g/mol. The number of rotatable bonds is 4. The summed E-state index contributed by atoms with van der Waals surface area (Å²) >= 11 is 12.2. The number of anilines is 1. The van der Waals surface area contributed by atoms with Crippen LogP contribution >= 0.6 is 23.2 Å². The van der Waals surface area contributed by atoms with Crippen LogP contribution in [0.2, 0.25) is 10.0 Å². The number of carbonyl (C=O) groups excluding carboxylic acids is 1. The van der Waals surface area contributed by atoms with Crippen LogP contribution in [0.25, 0.3) is 0 Å². The summed E-state index contributed by atoms with van der Waals surface area (Å²) in [4.78, 5) is 16.8. The van der Waals surface area contributed by atoms with Gasteiger partial charge in [-0.2, -0.15) is 0 Å². The van der Waals surface area contributed by atoms with Crippen LogP contribution in [0.4, 0.5) is 5.69 Å². The number of amides is 1. The van der Waals surface area contributed by atoms with E-state index in [0.717, 1.165) is 24.3 Å². The molecule has 0 radical (unpaired) electrons. The van der Waals surface area contributed by atoms with Gasteiger partial charge >= 0.3 is 0 Å². The van der Waals surface area contributed by atoms with Crippen LogP contribution in [-0.2, 0) is 0 Å². The van der Waals surface area contributed by atoms with E-state index in [9.17, 15) is 4.79 Å². The highest BCUT2D eigenvalue weighted by Crippen LogP contribution is 2.35. The van der Waals surface area contributed by atoms with E-state index >= 15 is 0 Å². The van der Waals surface area contributed by atoms with Crippen LogP contribution in [0.3, 0.4) is 0 Å². The highest BCUT2D eigenvalue weighted by molar-refractivity contribution is 6.31. The van der Waals surface area contributed by atoms with Gasteiger partial charge in [0, 0.05) is 23.1 Å². The van der Waals surface area contributed by atoms with Gasteiger partial charge in [0.2, 0.25) is 0 Å². The molecule has 1 amide bonds. The van der Waals surface area contributed by atoms with E-state index in [4.69, 9.17) is 23.2 Å². The molecule has 2 aromatic rings. The summed E-state index contributed by atoms with van der Waals surface area (Å²) in [6, 6.07) is 12.9. The molecule has 126 valence electrons.